The van der Waals surface area contributed by atoms with Crippen LogP contribution in [-0.4, -0.2) is 27.4 Å². The van der Waals surface area contributed by atoms with E-state index in [0.717, 1.165) is 0 Å². The maximum Gasteiger partial charge on any atom is 0.288 e. The van der Waals surface area contributed by atoms with Crippen LogP contribution in [0.25, 0.3) is 0 Å². The van der Waals surface area contributed by atoms with Crippen molar-refractivity contribution in [3.63, 3.8) is 0 Å². The van der Waals surface area contributed by atoms with Crippen molar-refractivity contribution in [2.75, 3.05) is 11.6 Å². The zero-order valence-electron chi connectivity index (χ0n) is 12.7. The van der Waals surface area contributed by atoms with E-state index in [1.807, 2.05) is 19.9 Å². The summed E-state index contributed by atoms with van der Waals surface area (Å²) in [5.41, 5.74) is 3.07. The topological polar surface area (TPSA) is 94.8 Å². The highest BCUT2D eigenvalue weighted by atomic mass is 79.9. The van der Waals surface area contributed by atoms with Gasteiger partial charge in [0.2, 0.25) is 5.82 Å². The standard InChI is InChI=1S/C15H15BrN6O/c1-10(2)9-22(14-11(16)8-19-13(7-17)20-14)21-15(23)12-5-3-4-6-18-12/h3-6,8,10H,9H2,1-2H3,(H,21,23). The van der Waals surface area contributed by atoms with Gasteiger partial charge in [-0.3, -0.25) is 20.2 Å². The summed E-state index contributed by atoms with van der Waals surface area (Å²) in [6.45, 7) is 4.54. The summed E-state index contributed by atoms with van der Waals surface area (Å²) in [7, 11) is 0. The second-order valence-corrected chi connectivity index (χ2v) is 5.99. The number of carbonyl (C=O) groups excluding carboxylic acids is 1. The van der Waals surface area contributed by atoms with Gasteiger partial charge in [0.15, 0.2) is 5.82 Å². The first kappa shape index (κ1) is 16.8. The minimum atomic E-state index is -0.352. The molecule has 0 fully saturated rings. The number of pyridine rings is 1. The number of hydrogen-bond acceptors (Lipinski definition) is 6. The van der Waals surface area contributed by atoms with E-state index in [0.29, 0.717) is 22.5 Å². The number of hydrogen-bond donors (Lipinski definition) is 1. The monoisotopic (exact) mass is 374 g/mol. The highest BCUT2D eigenvalue weighted by Gasteiger charge is 2.18. The van der Waals surface area contributed by atoms with Gasteiger partial charge in [-0.25, -0.2) is 4.98 Å². The van der Waals surface area contributed by atoms with Gasteiger partial charge in [-0.05, 0) is 34.0 Å². The number of carbonyl (C=O) groups is 1. The summed E-state index contributed by atoms with van der Waals surface area (Å²) in [6, 6.07) is 6.99. The number of rotatable bonds is 5. The third-order valence-electron chi connectivity index (χ3n) is 2.76. The molecule has 0 aliphatic carbocycles. The third-order valence-corrected chi connectivity index (χ3v) is 3.32. The maximum absolute atomic E-state index is 12.3. The van der Waals surface area contributed by atoms with Crippen molar-refractivity contribution >= 4 is 27.7 Å². The lowest BCUT2D eigenvalue weighted by Gasteiger charge is -2.26. The van der Waals surface area contributed by atoms with Gasteiger partial charge in [-0.2, -0.15) is 10.2 Å². The van der Waals surface area contributed by atoms with Crippen molar-refractivity contribution in [2.24, 2.45) is 5.92 Å². The quantitative estimate of drug-likeness (QED) is 0.806. The van der Waals surface area contributed by atoms with Gasteiger partial charge in [0.05, 0.1) is 4.47 Å². The van der Waals surface area contributed by atoms with Gasteiger partial charge in [0.25, 0.3) is 5.91 Å². The van der Waals surface area contributed by atoms with Crippen LogP contribution in [0.5, 0.6) is 0 Å². The van der Waals surface area contributed by atoms with E-state index in [2.05, 4.69) is 36.3 Å². The van der Waals surface area contributed by atoms with Crippen molar-refractivity contribution < 1.29 is 4.79 Å². The van der Waals surface area contributed by atoms with Crippen LogP contribution in [0, 0.1) is 17.2 Å². The molecule has 23 heavy (non-hydrogen) atoms. The largest absolute Gasteiger partial charge is 0.288 e. The molecule has 0 aliphatic heterocycles. The normalized spacial score (nSPS) is 10.2. The Morgan fingerprint density at radius 2 is 2.22 bits per heavy atom. The molecule has 0 saturated heterocycles. The Balaban J connectivity index is 2.31. The van der Waals surface area contributed by atoms with E-state index in [9.17, 15) is 4.79 Å². The van der Waals surface area contributed by atoms with Crippen molar-refractivity contribution in [3.05, 3.63) is 46.6 Å². The molecule has 0 saturated carbocycles. The van der Waals surface area contributed by atoms with E-state index in [4.69, 9.17) is 5.26 Å². The molecule has 0 radical (unpaired) electrons. The van der Waals surface area contributed by atoms with E-state index >= 15 is 0 Å². The summed E-state index contributed by atoms with van der Waals surface area (Å²) in [5.74, 6) is 0.361. The summed E-state index contributed by atoms with van der Waals surface area (Å²) < 4.78 is 0.582. The van der Waals surface area contributed by atoms with Gasteiger partial charge in [0.1, 0.15) is 11.8 Å². The predicted octanol–water partition coefficient (Wildman–Crippen LogP) is 2.31. The predicted molar refractivity (Wildman–Crippen MR) is 88.3 cm³/mol. The summed E-state index contributed by atoms with van der Waals surface area (Å²) in [6.07, 6.45) is 3.04. The molecule has 7 nitrogen and oxygen atoms in total. The Hall–Kier alpha value is -2.53. The van der Waals surface area contributed by atoms with Gasteiger partial charge >= 0.3 is 0 Å². The number of anilines is 1. The number of nitrogens with one attached hydrogen (secondary N) is 1. The second kappa shape index (κ2) is 7.65. The lowest BCUT2D eigenvalue weighted by Crippen LogP contribution is -2.45. The number of nitriles is 1. The van der Waals surface area contributed by atoms with Crippen molar-refractivity contribution in [3.8, 4) is 6.07 Å². The number of nitrogens with zero attached hydrogens (tertiary/aromatic N) is 5. The fourth-order valence-electron chi connectivity index (χ4n) is 1.83. The highest BCUT2D eigenvalue weighted by molar-refractivity contribution is 9.10. The van der Waals surface area contributed by atoms with Crippen LogP contribution < -0.4 is 10.4 Å². The first-order valence-corrected chi connectivity index (χ1v) is 7.72. The minimum absolute atomic E-state index is 0.0315. The molecule has 2 rings (SSSR count). The van der Waals surface area contributed by atoms with Crippen LogP contribution in [0.4, 0.5) is 5.82 Å². The molecule has 0 spiro atoms. The van der Waals surface area contributed by atoms with Crippen LogP contribution >= 0.6 is 15.9 Å². The number of halogens is 1. The molecule has 0 atom stereocenters. The molecule has 0 unspecified atom stereocenters. The van der Waals surface area contributed by atoms with E-state index in [1.54, 1.807) is 29.4 Å². The fraction of sp³-hybridized carbons (Fsp3) is 0.267. The van der Waals surface area contributed by atoms with E-state index in [-0.39, 0.29) is 17.6 Å². The Kier molecular flexibility index (Phi) is 5.60. The summed E-state index contributed by atoms with van der Waals surface area (Å²) in [4.78, 5) is 24.4. The number of amides is 1. The first-order valence-electron chi connectivity index (χ1n) is 6.93. The Morgan fingerprint density at radius 3 is 2.83 bits per heavy atom. The van der Waals surface area contributed by atoms with Gasteiger partial charge < -0.3 is 0 Å². The smallest absolute Gasteiger partial charge is 0.267 e. The van der Waals surface area contributed by atoms with Crippen LogP contribution in [0.2, 0.25) is 0 Å². The number of aromatic nitrogens is 3. The molecule has 1 N–H and O–H groups in total. The molecule has 2 aromatic rings. The first-order chi connectivity index (χ1) is 11.0. The molecular formula is C15H15BrN6O. The molecule has 0 bridgehead atoms. The Bertz CT molecular complexity index is 728. The Labute approximate surface area is 142 Å². The van der Waals surface area contributed by atoms with Crippen LogP contribution in [0.1, 0.15) is 30.2 Å². The third kappa shape index (κ3) is 4.47. The van der Waals surface area contributed by atoms with Crippen LogP contribution in [0.3, 0.4) is 0 Å². The molecule has 2 aromatic heterocycles. The zero-order chi connectivity index (χ0) is 16.8. The molecular weight excluding hydrogens is 360 g/mol. The minimum Gasteiger partial charge on any atom is -0.267 e. The lowest BCUT2D eigenvalue weighted by atomic mass is 10.2. The van der Waals surface area contributed by atoms with Gasteiger partial charge in [-0.15, -0.1) is 0 Å². The Morgan fingerprint density at radius 1 is 1.43 bits per heavy atom. The van der Waals surface area contributed by atoms with Gasteiger partial charge in [0, 0.05) is 18.9 Å². The molecule has 118 valence electrons. The van der Waals surface area contributed by atoms with Crippen molar-refractivity contribution in [2.45, 2.75) is 13.8 Å². The van der Waals surface area contributed by atoms with E-state index < -0.39 is 0 Å². The molecule has 1 amide bonds. The van der Waals surface area contributed by atoms with Gasteiger partial charge in [-0.1, -0.05) is 19.9 Å². The number of hydrazine groups is 1. The van der Waals surface area contributed by atoms with E-state index in [1.165, 1.54) is 6.20 Å². The average molecular weight is 375 g/mol. The molecule has 0 aliphatic rings. The molecule has 2 heterocycles. The molecule has 8 heteroatoms. The summed E-state index contributed by atoms with van der Waals surface area (Å²) >= 11 is 3.35. The van der Waals surface area contributed by atoms with Crippen molar-refractivity contribution in [1.29, 1.82) is 5.26 Å². The summed E-state index contributed by atoms with van der Waals surface area (Å²) in [5, 5.41) is 10.6. The SMILES string of the molecule is CC(C)CN(NC(=O)c1ccccn1)c1nc(C#N)ncc1Br. The van der Waals surface area contributed by atoms with Crippen molar-refractivity contribution in [1.82, 2.24) is 20.4 Å². The van der Waals surface area contributed by atoms with Crippen LogP contribution in [-0.2, 0) is 0 Å². The van der Waals surface area contributed by atoms with Crippen LogP contribution in [0.15, 0.2) is 35.1 Å². The highest BCUT2D eigenvalue weighted by Crippen LogP contribution is 2.22. The second-order valence-electron chi connectivity index (χ2n) is 5.14. The maximum atomic E-state index is 12.3. The average Bonchev–Trinajstić information content (AvgIpc) is 2.55. The lowest BCUT2D eigenvalue weighted by molar-refractivity contribution is 0.0942. The fourth-order valence-corrected chi connectivity index (χ4v) is 2.23. The zero-order valence-corrected chi connectivity index (χ0v) is 14.3. The molecule has 0 aromatic carbocycles.